The number of aryl methyl sites for hydroxylation is 1. The van der Waals surface area contributed by atoms with Gasteiger partial charge in [-0.05, 0) is 61.5 Å². The Morgan fingerprint density at radius 2 is 1.44 bits per heavy atom. The summed E-state index contributed by atoms with van der Waals surface area (Å²) in [6, 6.07) is 21.9. The third kappa shape index (κ3) is 4.73. The number of carbonyl (C=O) groups excluding carboxylic acids is 2. The van der Waals surface area contributed by atoms with Crippen LogP contribution in [0.2, 0.25) is 0 Å². The van der Waals surface area contributed by atoms with Crippen molar-refractivity contribution < 1.29 is 14.3 Å². The molecule has 0 atom stereocenters. The average molecular weight is 360 g/mol. The molecule has 0 unspecified atom stereocenters. The molecule has 0 aliphatic carbocycles. The highest BCUT2D eigenvalue weighted by atomic mass is 16.5. The van der Waals surface area contributed by atoms with Crippen LogP contribution in [-0.4, -0.2) is 19.0 Å². The van der Waals surface area contributed by atoms with Crippen molar-refractivity contribution in [1.29, 1.82) is 0 Å². The third-order valence-corrected chi connectivity index (χ3v) is 4.00. The molecule has 0 spiro atoms. The monoisotopic (exact) mass is 360 g/mol. The maximum atomic E-state index is 12.3. The van der Waals surface area contributed by atoms with Gasteiger partial charge in [-0.2, -0.15) is 0 Å². The lowest BCUT2D eigenvalue weighted by molar-refractivity contribution is 0.0600. The molecule has 2 N–H and O–H groups in total. The highest BCUT2D eigenvalue weighted by molar-refractivity contribution is 6.04. The first-order chi connectivity index (χ1) is 13.0. The Morgan fingerprint density at radius 1 is 0.778 bits per heavy atom. The van der Waals surface area contributed by atoms with Gasteiger partial charge >= 0.3 is 5.97 Å². The zero-order valence-electron chi connectivity index (χ0n) is 15.2. The first-order valence-corrected chi connectivity index (χ1v) is 8.48. The van der Waals surface area contributed by atoms with Gasteiger partial charge in [-0.15, -0.1) is 0 Å². The van der Waals surface area contributed by atoms with E-state index in [9.17, 15) is 9.59 Å². The molecule has 5 nitrogen and oxygen atoms in total. The Labute approximate surface area is 158 Å². The molecular formula is C22H20N2O3. The minimum Gasteiger partial charge on any atom is -0.465 e. The Bertz CT molecular complexity index is 965. The van der Waals surface area contributed by atoms with Crippen molar-refractivity contribution in [3.8, 4) is 0 Å². The van der Waals surface area contributed by atoms with Crippen molar-refractivity contribution in [3.05, 3.63) is 89.5 Å². The molecule has 0 aliphatic heterocycles. The Kier molecular flexibility index (Phi) is 5.52. The normalized spacial score (nSPS) is 10.1. The lowest BCUT2D eigenvalue weighted by Crippen LogP contribution is -2.11. The van der Waals surface area contributed by atoms with Gasteiger partial charge in [0.1, 0.15) is 0 Å². The van der Waals surface area contributed by atoms with Crippen molar-refractivity contribution in [2.24, 2.45) is 0 Å². The first-order valence-electron chi connectivity index (χ1n) is 8.48. The number of methoxy groups -OCH3 is 1. The lowest BCUT2D eigenvalue weighted by Gasteiger charge is -2.10. The molecule has 0 fully saturated rings. The van der Waals surface area contributed by atoms with Crippen LogP contribution in [0, 0.1) is 6.92 Å². The summed E-state index contributed by atoms with van der Waals surface area (Å²) in [5.41, 5.74) is 4.45. The second kappa shape index (κ2) is 8.19. The molecule has 136 valence electrons. The van der Waals surface area contributed by atoms with Crippen molar-refractivity contribution in [2.45, 2.75) is 6.92 Å². The zero-order chi connectivity index (χ0) is 19.2. The third-order valence-electron chi connectivity index (χ3n) is 4.00. The van der Waals surface area contributed by atoms with E-state index in [0.717, 1.165) is 16.9 Å². The predicted octanol–water partition coefficient (Wildman–Crippen LogP) is 4.78. The molecule has 0 aromatic heterocycles. The predicted molar refractivity (Wildman–Crippen MR) is 107 cm³/mol. The number of nitrogens with one attached hydrogen (secondary N) is 2. The molecule has 5 heteroatoms. The standard InChI is InChI=1S/C22H20N2O3/c1-15-5-3-6-16(13-15)21(25)24-19-11-9-18(10-12-19)23-20-8-4-7-17(14-20)22(26)27-2/h3-14,23H,1-2H3,(H,24,25). The minimum atomic E-state index is -0.382. The fraction of sp³-hybridized carbons (Fsp3) is 0.0909. The maximum Gasteiger partial charge on any atom is 0.337 e. The van der Waals surface area contributed by atoms with Crippen molar-refractivity contribution in [3.63, 3.8) is 0 Å². The number of benzene rings is 3. The Hall–Kier alpha value is -3.60. The van der Waals surface area contributed by atoms with Crippen LogP contribution < -0.4 is 10.6 Å². The van der Waals surface area contributed by atoms with Crippen molar-refractivity contribution in [2.75, 3.05) is 17.7 Å². The minimum absolute atomic E-state index is 0.148. The molecular weight excluding hydrogens is 340 g/mol. The van der Waals surface area contributed by atoms with E-state index in [4.69, 9.17) is 4.74 Å². The van der Waals surface area contributed by atoms with Crippen LogP contribution in [0.5, 0.6) is 0 Å². The molecule has 0 heterocycles. The summed E-state index contributed by atoms with van der Waals surface area (Å²) in [5.74, 6) is -0.530. The second-order valence-corrected chi connectivity index (χ2v) is 6.10. The number of ether oxygens (including phenoxy) is 1. The summed E-state index contributed by atoms with van der Waals surface area (Å²) < 4.78 is 4.73. The van der Waals surface area contributed by atoms with E-state index in [1.54, 1.807) is 24.3 Å². The summed E-state index contributed by atoms with van der Waals surface area (Å²) in [7, 11) is 1.35. The summed E-state index contributed by atoms with van der Waals surface area (Å²) >= 11 is 0. The van der Waals surface area contributed by atoms with Gasteiger partial charge in [-0.3, -0.25) is 4.79 Å². The van der Waals surface area contributed by atoms with Gasteiger partial charge < -0.3 is 15.4 Å². The van der Waals surface area contributed by atoms with Crippen LogP contribution in [0.15, 0.2) is 72.8 Å². The fourth-order valence-electron chi connectivity index (χ4n) is 2.63. The van der Waals surface area contributed by atoms with E-state index in [0.29, 0.717) is 16.8 Å². The van der Waals surface area contributed by atoms with Gasteiger partial charge in [0, 0.05) is 22.6 Å². The van der Waals surface area contributed by atoms with Gasteiger partial charge in [-0.25, -0.2) is 4.79 Å². The fourth-order valence-corrected chi connectivity index (χ4v) is 2.63. The van der Waals surface area contributed by atoms with E-state index in [1.165, 1.54) is 7.11 Å². The highest BCUT2D eigenvalue weighted by Crippen LogP contribution is 2.20. The van der Waals surface area contributed by atoms with E-state index in [2.05, 4.69) is 10.6 Å². The molecule has 3 aromatic rings. The van der Waals surface area contributed by atoms with E-state index in [-0.39, 0.29) is 11.9 Å². The molecule has 0 saturated heterocycles. The molecule has 0 radical (unpaired) electrons. The summed E-state index contributed by atoms with van der Waals surface area (Å²) in [5, 5.41) is 6.10. The maximum absolute atomic E-state index is 12.3. The van der Waals surface area contributed by atoms with Crippen LogP contribution in [0.3, 0.4) is 0 Å². The van der Waals surface area contributed by atoms with E-state index < -0.39 is 0 Å². The van der Waals surface area contributed by atoms with Gasteiger partial charge in [0.2, 0.25) is 0 Å². The largest absolute Gasteiger partial charge is 0.465 e. The van der Waals surface area contributed by atoms with E-state index in [1.807, 2.05) is 55.5 Å². The van der Waals surface area contributed by atoms with Gasteiger partial charge in [0.05, 0.1) is 12.7 Å². The van der Waals surface area contributed by atoms with Crippen LogP contribution in [0.4, 0.5) is 17.1 Å². The number of rotatable bonds is 5. The number of carbonyl (C=O) groups is 2. The smallest absolute Gasteiger partial charge is 0.337 e. The van der Waals surface area contributed by atoms with Crippen LogP contribution in [0.1, 0.15) is 26.3 Å². The van der Waals surface area contributed by atoms with Gasteiger partial charge in [-0.1, -0.05) is 23.8 Å². The van der Waals surface area contributed by atoms with Gasteiger partial charge in [0.15, 0.2) is 0 Å². The molecule has 0 bridgehead atoms. The first kappa shape index (κ1) is 18.2. The van der Waals surface area contributed by atoms with Crippen LogP contribution in [-0.2, 0) is 4.74 Å². The Morgan fingerprint density at radius 3 is 2.15 bits per heavy atom. The van der Waals surface area contributed by atoms with Gasteiger partial charge in [0.25, 0.3) is 5.91 Å². The zero-order valence-corrected chi connectivity index (χ0v) is 15.2. The summed E-state index contributed by atoms with van der Waals surface area (Å²) in [6.45, 7) is 1.95. The molecule has 0 aliphatic rings. The number of anilines is 3. The number of hydrogen-bond acceptors (Lipinski definition) is 4. The quantitative estimate of drug-likeness (QED) is 0.643. The average Bonchev–Trinajstić information content (AvgIpc) is 2.69. The molecule has 27 heavy (non-hydrogen) atoms. The lowest BCUT2D eigenvalue weighted by atomic mass is 10.1. The topological polar surface area (TPSA) is 67.4 Å². The number of amides is 1. The second-order valence-electron chi connectivity index (χ2n) is 6.10. The molecule has 3 aromatic carbocycles. The summed E-state index contributed by atoms with van der Waals surface area (Å²) in [4.78, 5) is 23.9. The van der Waals surface area contributed by atoms with Crippen LogP contribution in [0.25, 0.3) is 0 Å². The number of hydrogen-bond donors (Lipinski definition) is 2. The summed E-state index contributed by atoms with van der Waals surface area (Å²) in [6.07, 6.45) is 0. The number of esters is 1. The SMILES string of the molecule is COC(=O)c1cccc(Nc2ccc(NC(=O)c3cccc(C)c3)cc2)c1. The van der Waals surface area contributed by atoms with Crippen molar-refractivity contribution >= 4 is 28.9 Å². The van der Waals surface area contributed by atoms with Crippen molar-refractivity contribution in [1.82, 2.24) is 0 Å². The molecule has 1 amide bonds. The molecule has 3 rings (SSSR count). The van der Waals surface area contributed by atoms with E-state index >= 15 is 0 Å². The Balaban J connectivity index is 1.67. The highest BCUT2D eigenvalue weighted by Gasteiger charge is 2.07. The molecule has 0 saturated carbocycles. The van der Waals surface area contributed by atoms with Crippen LogP contribution >= 0.6 is 0 Å².